The predicted molar refractivity (Wildman–Crippen MR) is 88.4 cm³/mol. The molecule has 0 fully saturated rings. The second-order valence-corrected chi connectivity index (χ2v) is 6.12. The second kappa shape index (κ2) is 5.55. The molecule has 3 rings (SSSR count). The molecule has 0 unspecified atom stereocenters. The number of hydrogen-bond donors (Lipinski definition) is 3. The number of nitrogens with zero attached hydrogens (tertiary/aromatic N) is 1. The number of anilines is 1. The Morgan fingerprint density at radius 1 is 1.27 bits per heavy atom. The van der Waals surface area contributed by atoms with Crippen LogP contribution in [0, 0.1) is 0 Å². The Hall–Kier alpha value is -2.18. The Morgan fingerprint density at radius 3 is 2.73 bits per heavy atom. The van der Waals surface area contributed by atoms with Crippen molar-refractivity contribution in [1.82, 2.24) is 10.2 Å². The van der Waals surface area contributed by atoms with E-state index in [9.17, 15) is 9.90 Å². The SMILES string of the molecule is C[C@](O)(C(=O)Nc1ccc2cn[nH]c2c1)c1ccc(Br)cc1. The Bertz CT molecular complexity index is 825. The molecule has 2 aromatic carbocycles. The molecule has 112 valence electrons. The van der Waals surface area contributed by atoms with Crippen LogP contribution >= 0.6 is 15.9 Å². The van der Waals surface area contributed by atoms with Crippen LogP contribution in [0.5, 0.6) is 0 Å². The molecule has 0 saturated carbocycles. The highest BCUT2D eigenvalue weighted by Gasteiger charge is 2.32. The van der Waals surface area contributed by atoms with Gasteiger partial charge >= 0.3 is 0 Å². The first kappa shape index (κ1) is 14.7. The monoisotopic (exact) mass is 359 g/mol. The highest BCUT2D eigenvalue weighted by Crippen LogP contribution is 2.25. The van der Waals surface area contributed by atoms with Gasteiger partial charge in [-0.2, -0.15) is 5.10 Å². The normalized spacial score (nSPS) is 13.8. The van der Waals surface area contributed by atoms with E-state index in [1.165, 1.54) is 6.92 Å². The summed E-state index contributed by atoms with van der Waals surface area (Å²) in [4.78, 5) is 12.4. The summed E-state index contributed by atoms with van der Waals surface area (Å²) in [7, 11) is 0. The minimum atomic E-state index is -1.62. The number of carbonyl (C=O) groups is 1. The molecule has 3 aromatic rings. The number of nitrogens with one attached hydrogen (secondary N) is 2. The van der Waals surface area contributed by atoms with Gasteiger partial charge in [-0.05, 0) is 42.8 Å². The molecule has 1 heterocycles. The van der Waals surface area contributed by atoms with E-state index >= 15 is 0 Å². The molecule has 1 amide bonds. The molecule has 0 radical (unpaired) electrons. The van der Waals surface area contributed by atoms with Gasteiger partial charge in [-0.15, -0.1) is 0 Å². The molecule has 0 saturated heterocycles. The van der Waals surface area contributed by atoms with E-state index in [-0.39, 0.29) is 0 Å². The minimum Gasteiger partial charge on any atom is -0.376 e. The highest BCUT2D eigenvalue weighted by atomic mass is 79.9. The van der Waals surface area contributed by atoms with Gasteiger partial charge in [0.2, 0.25) is 0 Å². The van der Waals surface area contributed by atoms with Gasteiger partial charge in [0, 0.05) is 15.5 Å². The van der Waals surface area contributed by atoms with E-state index in [4.69, 9.17) is 0 Å². The lowest BCUT2D eigenvalue weighted by molar-refractivity contribution is -0.133. The molecule has 22 heavy (non-hydrogen) atoms. The largest absolute Gasteiger partial charge is 0.376 e. The fraction of sp³-hybridized carbons (Fsp3) is 0.125. The average Bonchev–Trinajstić information content (AvgIpc) is 2.95. The van der Waals surface area contributed by atoms with Crippen LogP contribution < -0.4 is 5.32 Å². The van der Waals surface area contributed by atoms with Crippen molar-refractivity contribution in [3.8, 4) is 0 Å². The smallest absolute Gasteiger partial charge is 0.260 e. The van der Waals surface area contributed by atoms with Crippen LogP contribution in [0.1, 0.15) is 12.5 Å². The zero-order valence-electron chi connectivity index (χ0n) is 11.8. The molecule has 1 atom stereocenters. The van der Waals surface area contributed by atoms with Crippen molar-refractivity contribution in [2.24, 2.45) is 0 Å². The van der Waals surface area contributed by atoms with Gasteiger partial charge < -0.3 is 10.4 Å². The first-order valence-corrected chi connectivity index (χ1v) is 7.49. The van der Waals surface area contributed by atoms with Crippen molar-refractivity contribution < 1.29 is 9.90 Å². The van der Waals surface area contributed by atoms with Gasteiger partial charge in [-0.25, -0.2) is 0 Å². The van der Waals surface area contributed by atoms with E-state index in [0.717, 1.165) is 15.4 Å². The summed E-state index contributed by atoms with van der Waals surface area (Å²) < 4.78 is 0.886. The molecule has 0 bridgehead atoms. The van der Waals surface area contributed by atoms with Gasteiger partial charge in [0.05, 0.1) is 11.7 Å². The number of rotatable bonds is 3. The maximum atomic E-state index is 12.4. The van der Waals surface area contributed by atoms with E-state index in [1.807, 2.05) is 6.07 Å². The highest BCUT2D eigenvalue weighted by molar-refractivity contribution is 9.10. The lowest BCUT2D eigenvalue weighted by Gasteiger charge is -2.23. The number of aromatic nitrogens is 2. The van der Waals surface area contributed by atoms with Gasteiger partial charge in [0.25, 0.3) is 5.91 Å². The topological polar surface area (TPSA) is 78.0 Å². The summed E-state index contributed by atoms with van der Waals surface area (Å²) in [6.45, 7) is 1.47. The summed E-state index contributed by atoms with van der Waals surface area (Å²) >= 11 is 3.33. The third-order valence-corrected chi connectivity index (χ3v) is 4.08. The maximum absolute atomic E-state index is 12.4. The number of halogens is 1. The van der Waals surface area contributed by atoms with E-state index in [1.54, 1.807) is 42.6 Å². The van der Waals surface area contributed by atoms with Crippen molar-refractivity contribution in [1.29, 1.82) is 0 Å². The van der Waals surface area contributed by atoms with Crippen LogP contribution in [0.15, 0.2) is 53.1 Å². The van der Waals surface area contributed by atoms with E-state index in [0.29, 0.717) is 11.3 Å². The predicted octanol–water partition coefficient (Wildman–Crippen LogP) is 3.17. The molecule has 5 nitrogen and oxygen atoms in total. The van der Waals surface area contributed by atoms with Crippen LogP contribution in [0.2, 0.25) is 0 Å². The Labute approximate surface area is 135 Å². The number of amides is 1. The quantitative estimate of drug-likeness (QED) is 0.671. The van der Waals surface area contributed by atoms with Crippen molar-refractivity contribution in [2.75, 3.05) is 5.32 Å². The van der Waals surface area contributed by atoms with Crippen LogP contribution in [-0.2, 0) is 10.4 Å². The van der Waals surface area contributed by atoms with Crippen molar-refractivity contribution >= 4 is 38.4 Å². The average molecular weight is 360 g/mol. The van der Waals surface area contributed by atoms with Crippen molar-refractivity contribution in [3.05, 3.63) is 58.7 Å². The van der Waals surface area contributed by atoms with Crippen molar-refractivity contribution in [2.45, 2.75) is 12.5 Å². The maximum Gasteiger partial charge on any atom is 0.260 e. The molecular weight excluding hydrogens is 346 g/mol. The molecule has 1 aromatic heterocycles. The van der Waals surface area contributed by atoms with Gasteiger partial charge in [-0.3, -0.25) is 9.89 Å². The Kier molecular flexibility index (Phi) is 3.72. The van der Waals surface area contributed by atoms with Crippen LogP contribution in [0.4, 0.5) is 5.69 Å². The standard InChI is InChI=1S/C16H14BrN3O2/c1-16(22,11-3-5-12(17)6-4-11)15(21)19-13-7-2-10-9-18-20-14(10)8-13/h2-9,22H,1H3,(H,18,20)(H,19,21)/t16-/m1/s1. The number of carbonyl (C=O) groups excluding carboxylic acids is 1. The van der Waals surface area contributed by atoms with Crippen LogP contribution in [-0.4, -0.2) is 21.2 Å². The Morgan fingerprint density at radius 2 is 2.00 bits per heavy atom. The van der Waals surface area contributed by atoms with E-state index < -0.39 is 11.5 Å². The lowest BCUT2D eigenvalue weighted by atomic mass is 9.95. The van der Waals surface area contributed by atoms with Gasteiger partial charge in [0.1, 0.15) is 0 Å². The Balaban J connectivity index is 1.84. The summed E-state index contributed by atoms with van der Waals surface area (Å²) in [5.74, 6) is -0.492. The second-order valence-electron chi connectivity index (χ2n) is 5.21. The molecule has 0 aliphatic carbocycles. The first-order valence-electron chi connectivity index (χ1n) is 6.70. The molecule has 3 N–H and O–H groups in total. The molecule has 0 aliphatic heterocycles. The fourth-order valence-corrected chi connectivity index (χ4v) is 2.44. The third-order valence-electron chi connectivity index (χ3n) is 3.55. The first-order chi connectivity index (χ1) is 10.5. The number of hydrogen-bond acceptors (Lipinski definition) is 3. The minimum absolute atomic E-state index is 0.492. The van der Waals surface area contributed by atoms with Crippen LogP contribution in [0.25, 0.3) is 10.9 Å². The summed E-state index contributed by atoms with van der Waals surface area (Å²) in [6.07, 6.45) is 1.71. The molecule has 0 spiro atoms. The molecule has 0 aliphatic rings. The zero-order valence-corrected chi connectivity index (χ0v) is 13.4. The number of benzene rings is 2. The zero-order chi connectivity index (χ0) is 15.7. The molecule has 6 heteroatoms. The van der Waals surface area contributed by atoms with Gasteiger partial charge in [-0.1, -0.05) is 28.1 Å². The number of aliphatic hydroxyl groups is 1. The van der Waals surface area contributed by atoms with Crippen molar-refractivity contribution in [3.63, 3.8) is 0 Å². The molecular formula is C16H14BrN3O2. The number of aromatic amines is 1. The van der Waals surface area contributed by atoms with Gasteiger partial charge in [0.15, 0.2) is 5.60 Å². The fourth-order valence-electron chi connectivity index (χ4n) is 2.17. The van der Waals surface area contributed by atoms with Crippen LogP contribution in [0.3, 0.4) is 0 Å². The number of H-pyrrole nitrogens is 1. The summed E-state index contributed by atoms with van der Waals surface area (Å²) in [5, 5.41) is 21.0. The lowest BCUT2D eigenvalue weighted by Crippen LogP contribution is -2.37. The number of fused-ring (bicyclic) bond motifs is 1. The summed E-state index contributed by atoms with van der Waals surface area (Å²) in [6, 6.07) is 12.4. The third kappa shape index (κ3) is 2.75. The van der Waals surface area contributed by atoms with E-state index in [2.05, 4.69) is 31.4 Å². The summed E-state index contributed by atoms with van der Waals surface area (Å²) in [5.41, 5.74) is 0.319.